The van der Waals surface area contributed by atoms with Crippen LogP contribution in [0.15, 0.2) is 12.1 Å². The third kappa shape index (κ3) is 13.6. The molecule has 0 bridgehead atoms. The highest BCUT2D eigenvalue weighted by Crippen LogP contribution is 2.26. The lowest BCUT2D eigenvalue weighted by Gasteiger charge is -2.04. The molecule has 29 heavy (non-hydrogen) atoms. The van der Waals surface area contributed by atoms with E-state index >= 15 is 0 Å². The second kappa shape index (κ2) is 19.1. The van der Waals surface area contributed by atoms with E-state index in [2.05, 4.69) is 13.8 Å². The summed E-state index contributed by atoms with van der Waals surface area (Å²) in [7, 11) is 0. The fourth-order valence-corrected chi connectivity index (χ4v) is 2.88. The molecule has 0 radical (unpaired) electrons. The molecule has 0 atom stereocenters. The standard InChI is InChI=1S/C16H34O.C8H4N2O2/c1-3-5-7-9-11-13-15-17-16-14-12-10-8-6-4-2;9-3-5-6(4-10)8(12)2-1-7(5)11/h3-16H2,1-2H3;1-2,11-12H. The maximum Gasteiger partial charge on any atom is 0.134 e. The Morgan fingerprint density at radius 1 is 0.655 bits per heavy atom. The summed E-state index contributed by atoms with van der Waals surface area (Å²) in [5, 5.41) is 35.1. The zero-order valence-corrected chi connectivity index (χ0v) is 18.3. The highest BCUT2D eigenvalue weighted by molar-refractivity contribution is 5.59. The van der Waals surface area contributed by atoms with Crippen molar-refractivity contribution < 1.29 is 14.9 Å². The highest BCUT2D eigenvalue weighted by atomic mass is 16.5. The molecule has 0 unspecified atom stereocenters. The van der Waals surface area contributed by atoms with Gasteiger partial charge in [0, 0.05) is 13.2 Å². The molecule has 0 amide bonds. The average molecular weight is 403 g/mol. The minimum atomic E-state index is -0.299. The lowest BCUT2D eigenvalue weighted by Crippen LogP contribution is -1.97. The summed E-state index contributed by atoms with van der Waals surface area (Å²) >= 11 is 0. The normalized spacial score (nSPS) is 9.93. The molecule has 0 heterocycles. The largest absolute Gasteiger partial charge is 0.507 e. The van der Waals surface area contributed by atoms with Gasteiger partial charge < -0.3 is 14.9 Å². The third-order valence-corrected chi connectivity index (χ3v) is 4.67. The van der Waals surface area contributed by atoms with Gasteiger partial charge in [0.1, 0.15) is 34.8 Å². The van der Waals surface area contributed by atoms with Crippen LogP contribution >= 0.6 is 0 Å². The van der Waals surface area contributed by atoms with Crippen molar-refractivity contribution in [3.8, 4) is 23.6 Å². The van der Waals surface area contributed by atoms with Crippen molar-refractivity contribution in [1.82, 2.24) is 0 Å². The molecule has 2 N–H and O–H groups in total. The van der Waals surface area contributed by atoms with E-state index in [1.807, 2.05) is 0 Å². The quantitative estimate of drug-likeness (QED) is 0.271. The molecule has 1 aromatic rings. The summed E-state index contributed by atoms with van der Waals surface area (Å²) in [4.78, 5) is 0. The van der Waals surface area contributed by atoms with Gasteiger partial charge in [-0.2, -0.15) is 10.5 Å². The molecular formula is C24H38N2O3. The monoisotopic (exact) mass is 402 g/mol. The molecule has 0 saturated heterocycles. The SMILES string of the molecule is CCCCCCCCOCCCCCCCC.N#Cc1c(O)ccc(O)c1C#N. The number of phenolic OH excluding ortho intramolecular Hbond substituents is 2. The Balaban J connectivity index is 0.000000571. The minimum Gasteiger partial charge on any atom is -0.507 e. The Kier molecular flexibility index (Phi) is 17.6. The van der Waals surface area contributed by atoms with Gasteiger partial charge in [-0.05, 0) is 25.0 Å². The van der Waals surface area contributed by atoms with Crippen LogP contribution < -0.4 is 0 Å². The lowest BCUT2D eigenvalue weighted by molar-refractivity contribution is 0.125. The molecule has 0 spiro atoms. The number of rotatable bonds is 14. The van der Waals surface area contributed by atoms with Crippen LogP contribution in [0, 0.1) is 22.7 Å². The van der Waals surface area contributed by atoms with E-state index < -0.39 is 0 Å². The van der Waals surface area contributed by atoms with E-state index in [0.717, 1.165) is 25.3 Å². The zero-order chi connectivity index (χ0) is 21.7. The fourth-order valence-electron chi connectivity index (χ4n) is 2.88. The number of nitriles is 2. The first-order valence-electron chi connectivity index (χ1n) is 11.0. The van der Waals surface area contributed by atoms with Crippen molar-refractivity contribution in [2.45, 2.75) is 90.9 Å². The number of phenols is 2. The van der Waals surface area contributed by atoms with E-state index in [9.17, 15) is 0 Å². The maximum atomic E-state index is 9.06. The van der Waals surface area contributed by atoms with Crippen molar-refractivity contribution in [2.75, 3.05) is 13.2 Å². The van der Waals surface area contributed by atoms with Gasteiger partial charge in [-0.1, -0.05) is 78.1 Å². The summed E-state index contributed by atoms with van der Waals surface area (Å²) in [6.07, 6.45) is 16.3. The summed E-state index contributed by atoms with van der Waals surface area (Å²) in [6.45, 7) is 6.51. The predicted octanol–water partition coefficient (Wildman–Crippen LogP) is 6.57. The third-order valence-electron chi connectivity index (χ3n) is 4.67. The van der Waals surface area contributed by atoms with Gasteiger partial charge in [-0.15, -0.1) is 0 Å². The van der Waals surface area contributed by atoms with Crippen LogP contribution in [-0.2, 0) is 4.74 Å². The topological polar surface area (TPSA) is 97.3 Å². The molecule has 5 heteroatoms. The van der Waals surface area contributed by atoms with Crippen LogP contribution in [0.4, 0.5) is 0 Å². The van der Waals surface area contributed by atoms with E-state index in [1.165, 1.54) is 77.0 Å². The maximum absolute atomic E-state index is 9.06. The van der Waals surface area contributed by atoms with Crippen molar-refractivity contribution in [1.29, 1.82) is 10.5 Å². The van der Waals surface area contributed by atoms with Crippen molar-refractivity contribution in [2.24, 2.45) is 0 Å². The summed E-state index contributed by atoms with van der Waals surface area (Å²) < 4.78 is 5.65. The molecule has 0 aliphatic heterocycles. The molecule has 0 aromatic heterocycles. The number of nitrogens with zero attached hydrogens (tertiary/aromatic N) is 2. The molecular weight excluding hydrogens is 364 g/mol. The highest BCUT2D eigenvalue weighted by Gasteiger charge is 2.11. The van der Waals surface area contributed by atoms with Crippen LogP contribution in [0.1, 0.15) is 102 Å². The first-order chi connectivity index (χ1) is 14.1. The Morgan fingerprint density at radius 2 is 1.00 bits per heavy atom. The van der Waals surface area contributed by atoms with Crippen LogP contribution in [-0.4, -0.2) is 23.4 Å². The molecule has 1 rings (SSSR count). The first-order valence-corrected chi connectivity index (χ1v) is 11.0. The fraction of sp³-hybridized carbons (Fsp3) is 0.667. The first kappa shape index (κ1) is 26.8. The van der Waals surface area contributed by atoms with Crippen LogP contribution in [0.25, 0.3) is 0 Å². The number of hydrogen-bond acceptors (Lipinski definition) is 5. The second-order valence-corrected chi connectivity index (χ2v) is 7.23. The average Bonchev–Trinajstić information content (AvgIpc) is 2.73. The van der Waals surface area contributed by atoms with Crippen LogP contribution in [0.5, 0.6) is 11.5 Å². The summed E-state index contributed by atoms with van der Waals surface area (Å²) in [5.74, 6) is -0.598. The van der Waals surface area contributed by atoms with Gasteiger partial charge in [-0.25, -0.2) is 0 Å². The van der Waals surface area contributed by atoms with Crippen molar-refractivity contribution in [3.05, 3.63) is 23.3 Å². The zero-order valence-electron chi connectivity index (χ0n) is 18.3. The van der Waals surface area contributed by atoms with Gasteiger partial charge in [0.25, 0.3) is 0 Å². The second-order valence-electron chi connectivity index (χ2n) is 7.23. The van der Waals surface area contributed by atoms with Crippen LogP contribution in [0.3, 0.4) is 0 Å². The molecule has 0 aliphatic rings. The molecule has 5 nitrogen and oxygen atoms in total. The van der Waals surface area contributed by atoms with E-state index in [1.54, 1.807) is 12.1 Å². The van der Waals surface area contributed by atoms with Gasteiger partial charge in [0.05, 0.1) is 0 Å². The van der Waals surface area contributed by atoms with Gasteiger partial charge >= 0.3 is 0 Å². The lowest BCUT2D eigenvalue weighted by atomic mass is 10.1. The Labute approximate surface area is 176 Å². The van der Waals surface area contributed by atoms with Gasteiger partial charge in [-0.3, -0.25) is 0 Å². The Bertz CT molecular complexity index is 565. The number of hydrogen-bond donors (Lipinski definition) is 2. The van der Waals surface area contributed by atoms with E-state index in [4.69, 9.17) is 25.5 Å². The Hall–Kier alpha value is -2.24. The molecule has 0 aliphatic carbocycles. The van der Waals surface area contributed by atoms with E-state index in [-0.39, 0.29) is 22.6 Å². The molecule has 0 fully saturated rings. The number of aromatic hydroxyl groups is 2. The van der Waals surface area contributed by atoms with Gasteiger partial charge in [0.15, 0.2) is 0 Å². The number of benzene rings is 1. The van der Waals surface area contributed by atoms with Crippen molar-refractivity contribution >= 4 is 0 Å². The number of ether oxygens (including phenoxy) is 1. The minimum absolute atomic E-state index is 0.197. The number of unbranched alkanes of at least 4 members (excludes halogenated alkanes) is 10. The molecule has 162 valence electrons. The van der Waals surface area contributed by atoms with Crippen molar-refractivity contribution in [3.63, 3.8) is 0 Å². The predicted molar refractivity (Wildman–Crippen MR) is 117 cm³/mol. The Morgan fingerprint density at radius 3 is 1.34 bits per heavy atom. The molecule has 0 saturated carbocycles. The molecule has 1 aromatic carbocycles. The smallest absolute Gasteiger partial charge is 0.134 e. The van der Waals surface area contributed by atoms with Crippen LogP contribution in [0.2, 0.25) is 0 Å². The summed E-state index contributed by atoms with van der Waals surface area (Å²) in [5.41, 5.74) is -0.394. The van der Waals surface area contributed by atoms with Gasteiger partial charge in [0.2, 0.25) is 0 Å². The van der Waals surface area contributed by atoms with E-state index in [0.29, 0.717) is 0 Å². The summed E-state index contributed by atoms with van der Waals surface area (Å²) in [6, 6.07) is 5.57.